The number of nitriles is 1. The van der Waals surface area contributed by atoms with Crippen LogP contribution < -0.4 is 10.6 Å². The number of aromatic nitrogens is 2. The molecule has 2 N–H and O–H groups in total. The molecule has 0 aliphatic rings. The van der Waals surface area contributed by atoms with E-state index in [2.05, 4.69) is 20.8 Å². The number of methoxy groups -OCH3 is 1. The van der Waals surface area contributed by atoms with Crippen LogP contribution in [0.15, 0.2) is 12.3 Å². The van der Waals surface area contributed by atoms with Gasteiger partial charge in [0.05, 0.1) is 24.9 Å². The summed E-state index contributed by atoms with van der Waals surface area (Å²) >= 11 is 0. The molecule has 0 radical (unpaired) electrons. The van der Waals surface area contributed by atoms with Gasteiger partial charge in [0, 0.05) is 13.7 Å². The van der Waals surface area contributed by atoms with Crippen LogP contribution in [-0.2, 0) is 9.53 Å². The molecule has 1 aromatic heterocycles. The molecule has 17 heavy (non-hydrogen) atoms. The Bertz CT molecular complexity index is 415. The van der Waals surface area contributed by atoms with Gasteiger partial charge in [-0.25, -0.2) is 0 Å². The van der Waals surface area contributed by atoms with Gasteiger partial charge in [0.2, 0.25) is 5.91 Å². The highest BCUT2D eigenvalue weighted by atomic mass is 16.5. The highest BCUT2D eigenvalue weighted by Crippen LogP contribution is 2.06. The van der Waals surface area contributed by atoms with Crippen LogP contribution in [0, 0.1) is 11.3 Å². The zero-order valence-electron chi connectivity index (χ0n) is 9.43. The summed E-state index contributed by atoms with van der Waals surface area (Å²) in [5.74, 6) is 0.105. The van der Waals surface area contributed by atoms with E-state index in [0.29, 0.717) is 24.5 Å². The van der Waals surface area contributed by atoms with Gasteiger partial charge in [-0.15, -0.1) is 5.10 Å². The first-order chi connectivity index (χ1) is 8.27. The Morgan fingerprint density at radius 3 is 3.18 bits per heavy atom. The van der Waals surface area contributed by atoms with E-state index in [9.17, 15) is 4.79 Å². The summed E-state index contributed by atoms with van der Waals surface area (Å²) in [6.45, 7) is 0.944. The highest BCUT2D eigenvalue weighted by Gasteiger charge is 2.05. The van der Waals surface area contributed by atoms with E-state index in [1.54, 1.807) is 7.11 Å². The number of anilines is 1. The van der Waals surface area contributed by atoms with Crippen LogP contribution in [0.4, 0.5) is 5.82 Å². The molecule has 1 rings (SSSR count). The van der Waals surface area contributed by atoms with Gasteiger partial charge < -0.3 is 15.4 Å². The zero-order chi connectivity index (χ0) is 12.5. The molecule has 0 atom stereocenters. The second-order valence-electron chi connectivity index (χ2n) is 3.10. The number of carbonyl (C=O) groups excluding carboxylic acids is 1. The highest BCUT2D eigenvalue weighted by molar-refractivity contribution is 5.80. The van der Waals surface area contributed by atoms with Crippen molar-refractivity contribution in [3.8, 4) is 6.07 Å². The first-order valence-electron chi connectivity index (χ1n) is 4.99. The van der Waals surface area contributed by atoms with Crippen molar-refractivity contribution in [1.29, 1.82) is 5.26 Å². The predicted molar refractivity (Wildman–Crippen MR) is 60.1 cm³/mol. The predicted octanol–water partition coefficient (Wildman–Crippen LogP) is -0.477. The molecule has 0 aliphatic carbocycles. The van der Waals surface area contributed by atoms with Gasteiger partial charge in [-0.3, -0.25) is 4.79 Å². The standard InChI is InChI=1S/C10H13N5O2/c1-17-5-4-12-9(16)7-13-10-8(6-11)2-3-14-15-10/h2-3H,4-5,7H2,1H3,(H,12,16)(H,13,15). The number of ether oxygens (including phenoxy) is 1. The average Bonchev–Trinajstić information content (AvgIpc) is 2.37. The van der Waals surface area contributed by atoms with E-state index in [1.165, 1.54) is 12.3 Å². The third-order valence-electron chi connectivity index (χ3n) is 1.89. The van der Waals surface area contributed by atoms with Crippen molar-refractivity contribution in [2.24, 2.45) is 0 Å². The lowest BCUT2D eigenvalue weighted by atomic mass is 10.3. The molecule has 0 saturated heterocycles. The van der Waals surface area contributed by atoms with Crippen LogP contribution in [-0.4, -0.2) is 42.9 Å². The lowest BCUT2D eigenvalue weighted by Gasteiger charge is -2.06. The van der Waals surface area contributed by atoms with Gasteiger partial charge in [-0.05, 0) is 6.07 Å². The third-order valence-corrected chi connectivity index (χ3v) is 1.89. The molecular formula is C10H13N5O2. The molecule has 90 valence electrons. The average molecular weight is 235 g/mol. The lowest BCUT2D eigenvalue weighted by molar-refractivity contribution is -0.119. The number of amides is 1. The molecule has 1 heterocycles. The van der Waals surface area contributed by atoms with Crippen LogP contribution in [0.2, 0.25) is 0 Å². The van der Waals surface area contributed by atoms with Crippen molar-refractivity contribution in [3.63, 3.8) is 0 Å². The number of hydrogen-bond acceptors (Lipinski definition) is 6. The first-order valence-corrected chi connectivity index (χ1v) is 4.99. The van der Waals surface area contributed by atoms with Crippen LogP contribution in [0.5, 0.6) is 0 Å². The fourth-order valence-electron chi connectivity index (χ4n) is 1.07. The summed E-state index contributed by atoms with van der Waals surface area (Å²) in [6, 6.07) is 3.48. The second kappa shape index (κ2) is 7.14. The molecule has 0 saturated carbocycles. The number of nitrogens with zero attached hydrogens (tertiary/aromatic N) is 3. The van der Waals surface area contributed by atoms with Gasteiger partial charge in [0.25, 0.3) is 0 Å². The first kappa shape index (κ1) is 12.9. The fraction of sp³-hybridized carbons (Fsp3) is 0.400. The zero-order valence-corrected chi connectivity index (χ0v) is 9.43. The summed E-state index contributed by atoms with van der Waals surface area (Å²) in [5, 5.41) is 21.5. The van der Waals surface area contributed by atoms with E-state index in [-0.39, 0.29) is 12.5 Å². The number of nitrogens with one attached hydrogen (secondary N) is 2. The van der Waals surface area contributed by atoms with Gasteiger partial charge in [-0.1, -0.05) is 0 Å². The van der Waals surface area contributed by atoms with Crippen molar-refractivity contribution in [2.75, 3.05) is 32.1 Å². The van der Waals surface area contributed by atoms with Crippen molar-refractivity contribution in [2.45, 2.75) is 0 Å². The summed E-state index contributed by atoms with van der Waals surface area (Å²) in [5.41, 5.74) is 0.352. The monoisotopic (exact) mass is 235 g/mol. The lowest BCUT2D eigenvalue weighted by Crippen LogP contribution is -2.32. The molecule has 0 spiro atoms. The quantitative estimate of drug-likeness (QED) is 0.646. The van der Waals surface area contributed by atoms with Gasteiger partial charge in [0.15, 0.2) is 5.82 Å². The van der Waals surface area contributed by atoms with Crippen LogP contribution >= 0.6 is 0 Å². The Kier molecular flexibility index (Phi) is 5.40. The van der Waals surface area contributed by atoms with E-state index in [0.717, 1.165) is 0 Å². The Morgan fingerprint density at radius 2 is 2.47 bits per heavy atom. The minimum absolute atomic E-state index is 0.0388. The molecule has 0 aliphatic heterocycles. The Labute approximate surface area is 98.8 Å². The van der Waals surface area contributed by atoms with E-state index < -0.39 is 0 Å². The fourth-order valence-corrected chi connectivity index (χ4v) is 1.07. The van der Waals surface area contributed by atoms with Gasteiger partial charge >= 0.3 is 0 Å². The summed E-state index contributed by atoms with van der Waals surface area (Å²) in [4.78, 5) is 11.3. The SMILES string of the molecule is COCCNC(=O)CNc1nnccc1C#N. The molecule has 0 bridgehead atoms. The Balaban J connectivity index is 2.40. The smallest absolute Gasteiger partial charge is 0.239 e. The molecule has 0 unspecified atom stereocenters. The topological polar surface area (TPSA) is 99.9 Å². The molecule has 7 nitrogen and oxygen atoms in total. The number of hydrogen-bond donors (Lipinski definition) is 2. The van der Waals surface area contributed by atoms with Crippen molar-refractivity contribution in [1.82, 2.24) is 15.5 Å². The molecule has 0 aromatic carbocycles. The number of carbonyl (C=O) groups is 1. The van der Waals surface area contributed by atoms with E-state index >= 15 is 0 Å². The maximum Gasteiger partial charge on any atom is 0.239 e. The minimum Gasteiger partial charge on any atom is -0.383 e. The van der Waals surface area contributed by atoms with Crippen LogP contribution in [0.1, 0.15) is 5.56 Å². The Morgan fingerprint density at radius 1 is 1.65 bits per heavy atom. The van der Waals surface area contributed by atoms with Gasteiger partial charge in [-0.2, -0.15) is 10.4 Å². The summed E-state index contributed by atoms with van der Waals surface area (Å²) in [6.07, 6.45) is 1.42. The van der Waals surface area contributed by atoms with Crippen molar-refractivity contribution < 1.29 is 9.53 Å². The molecule has 1 aromatic rings. The summed E-state index contributed by atoms with van der Waals surface area (Å²) < 4.78 is 4.79. The molecule has 7 heteroatoms. The minimum atomic E-state index is -0.198. The molecule has 1 amide bonds. The maximum absolute atomic E-state index is 11.3. The van der Waals surface area contributed by atoms with Crippen LogP contribution in [0.3, 0.4) is 0 Å². The molecular weight excluding hydrogens is 222 g/mol. The van der Waals surface area contributed by atoms with Crippen molar-refractivity contribution >= 4 is 11.7 Å². The van der Waals surface area contributed by atoms with E-state index in [4.69, 9.17) is 10.00 Å². The third kappa shape index (κ3) is 4.44. The molecule has 0 fully saturated rings. The Hall–Kier alpha value is -2.20. The van der Waals surface area contributed by atoms with Crippen molar-refractivity contribution in [3.05, 3.63) is 17.8 Å². The maximum atomic E-state index is 11.3. The second-order valence-corrected chi connectivity index (χ2v) is 3.10. The number of rotatable bonds is 6. The van der Waals surface area contributed by atoms with E-state index in [1.807, 2.05) is 6.07 Å². The van der Waals surface area contributed by atoms with Gasteiger partial charge in [0.1, 0.15) is 6.07 Å². The summed E-state index contributed by atoms with van der Waals surface area (Å²) in [7, 11) is 1.56. The largest absolute Gasteiger partial charge is 0.383 e. The normalized spacial score (nSPS) is 9.41. The van der Waals surface area contributed by atoms with Crippen LogP contribution in [0.25, 0.3) is 0 Å².